The van der Waals surface area contributed by atoms with Crippen LogP contribution >= 0.6 is 0 Å². The number of benzene rings is 2. The number of allylic oxidation sites excluding steroid dienone is 1. The molecule has 0 aliphatic heterocycles. The van der Waals surface area contributed by atoms with Gasteiger partial charge in [-0.25, -0.2) is 9.18 Å². The molecule has 0 bridgehead atoms. The molecule has 3 rings (SSSR count). The van der Waals surface area contributed by atoms with Gasteiger partial charge in [0.1, 0.15) is 12.4 Å². The Labute approximate surface area is 214 Å². The van der Waals surface area contributed by atoms with E-state index in [0.717, 1.165) is 47.8 Å². The number of hydrogen-bond acceptors (Lipinski definition) is 5. The lowest BCUT2D eigenvalue weighted by Crippen LogP contribution is -2.28. The Balaban J connectivity index is 0.00000106. The maximum atomic E-state index is 14.1. The highest BCUT2D eigenvalue weighted by molar-refractivity contribution is 7.84. The third-order valence-corrected chi connectivity index (χ3v) is 6.71. The molecule has 8 heteroatoms. The maximum Gasteiger partial charge on any atom is 0.338 e. The van der Waals surface area contributed by atoms with Crippen LogP contribution in [-0.4, -0.2) is 58.7 Å². The van der Waals surface area contributed by atoms with Crippen molar-refractivity contribution in [3.63, 3.8) is 0 Å². The molecule has 6 nitrogen and oxygen atoms in total. The molecule has 0 radical (unpaired) electrons. The Morgan fingerprint density at radius 3 is 2.31 bits per heavy atom. The average molecular weight is 516 g/mol. The molecular formula is C28H34FNO5S. The van der Waals surface area contributed by atoms with Gasteiger partial charge in [-0.1, -0.05) is 37.6 Å². The van der Waals surface area contributed by atoms with Gasteiger partial charge < -0.3 is 14.7 Å². The normalized spacial score (nSPS) is 13.7. The van der Waals surface area contributed by atoms with Gasteiger partial charge in [0, 0.05) is 35.4 Å². The van der Waals surface area contributed by atoms with Crippen molar-refractivity contribution >= 4 is 34.4 Å². The predicted molar refractivity (Wildman–Crippen MR) is 142 cm³/mol. The second-order valence-electron chi connectivity index (χ2n) is 8.40. The van der Waals surface area contributed by atoms with E-state index in [1.54, 1.807) is 30.5 Å². The summed E-state index contributed by atoms with van der Waals surface area (Å²) in [7, 11) is -1.08. The minimum absolute atomic E-state index is 0.286. The first kappa shape index (κ1) is 29.1. The number of aliphatic carboxylic acids is 1. The Kier molecular flexibility index (Phi) is 11.2. The van der Waals surface area contributed by atoms with Gasteiger partial charge in [-0.05, 0) is 79.0 Å². The van der Waals surface area contributed by atoms with E-state index in [-0.39, 0.29) is 12.4 Å². The van der Waals surface area contributed by atoms with Gasteiger partial charge in [-0.15, -0.1) is 0 Å². The Hall–Kier alpha value is -3.10. The topological polar surface area (TPSA) is 83.9 Å². The highest BCUT2D eigenvalue weighted by Crippen LogP contribution is 2.39. The van der Waals surface area contributed by atoms with Gasteiger partial charge in [0.2, 0.25) is 0 Å². The Morgan fingerprint density at radius 2 is 1.75 bits per heavy atom. The molecule has 0 spiro atoms. The quantitative estimate of drug-likeness (QED) is 0.376. The molecular weight excluding hydrogens is 481 g/mol. The summed E-state index contributed by atoms with van der Waals surface area (Å²) >= 11 is 0. The van der Waals surface area contributed by atoms with E-state index in [1.165, 1.54) is 12.1 Å². The van der Waals surface area contributed by atoms with Crippen LogP contribution in [0.25, 0.3) is 11.6 Å². The number of esters is 1. The van der Waals surface area contributed by atoms with Crippen LogP contribution in [0.2, 0.25) is 0 Å². The molecule has 0 amide bonds. The van der Waals surface area contributed by atoms with Crippen molar-refractivity contribution < 1.29 is 28.0 Å². The number of hydrogen-bond donors (Lipinski definition) is 1. The number of carboxylic acid groups (broad SMARTS) is 1. The van der Waals surface area contributed by atoms with Crippen LogP contribution in [0.4, 0.5) is 4.39 Å². The predicted octanol–water partition coefficient (Wildman–Crippen LogP) is 4.95. The fourth-order valence-corrected chi connectivity index (χ4v) is 4.47. The summed E-state index contributed by atoms with van der Waals surface area (Å²) in [5.41, 5.74) is 4.68. The first-order valence-corrected chi connectivity index (χ1v) is 13.4. The molecule has 0 saturated heterocycles. The van der Waals surface area contributed by atoms with E-state index < -0.39 is 22.7 Å². The Bertz CT molecular complexity index is 1160. The third-order valence-electron chi connectivity index (χ3n) is 5.77. The summed E-state index contributed by atoms with van der Waals surface area (Å²) in [6, 6.07) is 11.9. The number of likely N-dealkylation sites (N-methyl/N-ethyl adjacent to an activating group) is 1. The Morgan fingerprint density at radius 1 is 1.14 bits per heavy atom. The number of fused-ring (bicyclic) bond motifs is 1. The van der Waals surface area contributed by atoms with Crippen LogP contribution in [0.3, 0.4) is 0 Å². The average Bonchev–Trinajstić information content (AvgIpc) is 3.14. The van der Waals surface area contributed by atoms with Gasteiger partial charge in [0.05, 0.1) is 5.57 Å². The van der Waals surface area contributed by atoms with E-state index in [9.17, 15) is 13.4 Å². The zero-order valence-corrected chi connectivity index (χ0v) is 22.3. The van der Waals surface area contributed by atoms with Crippen molar-refractivity contribution in [2.75, 3.05) is 32.5 Å². The van der Waals surface area contributed by atoms with Crippen molar-refractivity contribution in [2.45, 2.75) is 39.0 Å². The lowest BCUT2D eigenvalue weighted by atomic mass is 9.95. The minimum Gasteiger partial charge on any atom is -0.481 e. The molecule has 0 aromatic heterocycles. The number of halogens is 1. The fourth-order valence-electron chi connectivity index (χ4n) is 3.96. The number of carboxylic acids is 1. The van der Waals surface area contributed by atoms with Crippen molar-refractivity contribution in [3.05, 3.63) is 76.1 Å². The number of ether oxygens (including phenoxy) is 1. The van der Waals surface area contributed by atoms with Gasteiger partial charge in [-0.3, -0.25) is 9.00 Å². The molecule has 0 heterocycles. The van der Waals surface area contributed by atoms with Crippen LogP contribution in [-0.2, 0) is 31.5 Å². The zero-order valence-electron chi connectivity index (χ0n) is 21.5. The van der Waals surface area contributed by atoms with E-state index in [4.69, 9.17) is 14.6 Å². The number of rotatable bonds is 9. The molecule has 0 saturated carbocycles. The molecule has 1 aliphatic carbocycles. The van der Waals surface area contributed by atoms with Crippen LogP contribution in [0.15, 0.2) is 58.5 Å². The summed E-state index contributed by atoms with van der Waals surface area (Å²) in [6.07, 6.45) is 4.07. The molecule has 1 N–H and O–H groups in total. The lowest BCUT2D eigenvalue weighted by molar-refractivity contribution is -0.139. The molecule has 194 valence electrons. The number of carbonyl (C=O) groups excluding carboxylic acids is 1. The fraction of sp³-hybridized carbons (Fsp3) is 0.357. The van der Waals surface area contributed by atoms with E-state index in [2.05, 4.69) is 18.7 Å². The standard InChI is InChI=1S/C26H30FNO3S.C2H4O2/c1-5-28(6-2)13-14-31-26(29)24(16-19-7-11-22(12-8-19)32(4)30)25-18(3)15-20-9-10-21(27)17-23(20)25;1-2(3)4/h7-12,16-17H,5-6,13-15H2,1-4H3;1H3,(H,3,4)/b24-16-;. The molecule has 36 heavy (non-hydrogen) atoms. The molecule has 1 aliphatic rings. The van der Waals surface area contributed by atoms with Crippen molar-refractivity contribution in [2.24, 2.45) is 0 Å². The zero-order chi connectivity index (χ0) is 26.8. The van der Waals surface area contributed by atoms with Gasteiger partial charge in [0.15, 0.2) is 0 Å². The second-order valence-corrected chi connectivity index (χ2v) is 9.78. The summed E-state index contributed by atoms with van der Waals surface area (Å²) in [4.78, 5) is 25.1. The molecule has 2 aromatic carbocycles. The third kappa shape index (κ3) is 8.24. The number of carbonyl (C=O) groups is 2. The van der Waals surface area contributed by atoms with Gasteiger partial charge >= 0.3 is 5.97 Å². The summed E-state index contributed by atoms with van der Waals surface area (Å²) in [6.45, 7) is 9.91. The monoisotopic (exact) mass is 515 g/mol. The lowest BCUT2D eigenvalue weighted by Gasteiger charge is -2.18. The molecule has 1 atom stereocenters. The number of nitrogens with zero attached hydrogens (tertiary/aromatic N) is 1. The van der Waals surface area contributed by atoms with Crippen molar-refractivity contribution in [1.82, 2.24) is 4.90 Å². The largest absolute Gasteiger partial charge is 0.481 e. The molecule has 2 aromatic rings. The summed E-state index contributed by atoms with van der Waals surface area (Å²) in [5, 5.41) is 7.42. The molecule has 0 fully saturated rings. The van der Waals surface area contributed by atoms with Gasteiger partial charge in [0.25, 0.3) is 5.97 Å². The highest BCUT2D eigenvalue weighted by atomic mass is 32.2. The first-order chi connectivity index (χ1) is 17.1. The van der Waals surface area contributed by atoms with Crippen LogP contribution in [0.1, 0.15) is 44.4 Å². The summed E-state index contributed by atoms with van der Waals surface area (Å²) < 4.78 is 31.4. The second kappa shape index (κ2) is 13.8. The van der Waals surface area contributed by atoms with Crippen LogP contribution in [0, 0.1) is 5.82 Å². The maximum absolute atomic E-state index is 14.1. The molecule has 1 unspecified atom stereocenters. The van der Waals surface area contributed by atoms with Crippen LogP contribution in [0.5, 0.6) is 0 Å². The highest BCUT2D eigenvalue weighted by Gasteiger charge is 2.27. The van der Waals surface area contributed by atoms with Crippen molar-refractivity contribution in [3.8, 4) is 0 Å². The van der Waals surface area contributed by atoms with E-state index in [0.29, 0.717) is 23.4 Å². The van der Waals surface area contributed by atoms with E-state index >= 15 is 0 Å². The van der Waals surface area contributed by atoms with Crippen molar-refractivity contribution in [1.29, 1.82) is 0 Å². The first-order valence-electron chi connectivity index (χ1n) is 11.8. The summed E-state index contributed by atoms with van der Waals surface area (Å²) in [5.74, 6) is -1.59. The van der Waals surface area contributed by atoms with Crippen LogP contribution < -0.4 is 0 Å². The van der Waals surface area contributed by atoms with Gasteiger partial charge in [-0.2, -0.15) is 0 Å². The minimum atomic E-state index is -1.08. The van der Waals surface area contributed by atoms with E-state index in [1.807, 2.05) is 19.1 Å². The smallest absolute Gasteiger partial charge is 0.338 e. The SMILES string of the molecule is CC(=O)O.CCN(CC)CCOC(=O)/C(=C\c1ccc(S(C)=O)cc1)C1=C(C)Cc2ccc(F)cc21.